The predicted octanol–water partition coefficient (Wildman–Crippen LogP) is 0.858. The number of carboxylic acid groups (broad SMARTS) is 2. The zero-order chi connectivity index (χ0) is 13.4. The van der Waals surface area contributed by atoms with Crippen molar-refractivity contribution in [1.82, 2.24) is 0 Å². The highest BCUT2D eigenvalue weighted by molar-refractivity contribution is 5.94. The quantitative estimate of drug-likeness (QED) is 0.614. The number of Topliss-reactive ketones (excluding diaryl/α,β-unsaturated/α-hetero) is 1. The number of hydrogen-bond acceptors (Lipinski definition) is 4. The molecule has 0 aromatic heterocycles. The molecule has 6 heteroatoms. The van der Waals surface area contributed by atoms with Crippen LogP contribution in [0.4, 0.5) is 0 Å². The summed E-state index contributed by atoms with van der Waals surface area (Å²) in [7, 11) is 1.45. The highest BCUT2D eigenvalue weighted by atomic mass is 16.5. The second kappa shape index (κ2) is 7.56. The van der Waals surface area contributed by atoms with Crippen LogP contribution in [0.3, 0.4) is 0 Å². The van der Waals surface area contributed by atoms with Crippen LogP contribution in [0.15, 0.2) is 11.1 Å². The van der Waals surface area contributed by atoms with E-state index < -0.39 is 18.4 Å². The molecule has 96 valence electrons. The third-order valence-electron chi connectivity index (χ3n) is 2.08. The largest absolute Gasteiger partial charge is 0.481 e. The van der Waals surface area contributed by atoms with E-state index >= 15 is 0 Å². The normalized spacial score (nSPS) is 11.9. The molecule has 0 amide bonds. The van der Waals surface area contributed by atoms with Gasteiger partial charge in [0, 0.05) is 25.7 Å². The number of methoxy groups -OCH3 is 1. The third-order valence-corrected chi connectivity index (χ3v) is 2.08. The summed E-state index contributed by atoms with van der Waals surface area (Å²) in [4.78, 5) is 32.5. The molecule has 0 spiro atoms. The molecule has 0 rings (SSSR count). The first-order chi connectivity index (χ1) is 7.88. The van der Waals surface area contributed by atoms with Crippen molar-refractivity contribution >= 4 is 17.7 Å². The maximum Gasteiger partial charge on any atom is 0.332 e. The van der Waals surface area contributed by atoms with Crippen molar-refractivity contribution in [3.05, 3.63) is 11.1 Å². The van der Waals surface area contributed by atoms with Gasteiger partial charge in [0.05, 0.1) is 6.42 Å². The Morgan fingerprint density at radius 3 is 2.06 bits per heavy atom. The van der Waals surface area contributed by atoms with Crippen LogP contribution in [0.5, 0.6) is 0 Å². The molecule has 17 heavy (non-hydrogen) atoms. The second-order valence-corrected chi connectivity index (χ2v) is 3.58. The second-order valence-electron chi connectivity index (χ2n) is 3.58. The topological polar surface area (TPSA) is 101 Å². The molecule has 0 heterocycles. The number of carbonyl (C=O) groups excluding carboxylic acids is 1. The first kappa shape index (κ1) is 15.3. The SMILES string of the molecule is COCCC(CC(C)=O)=C(CC(=O)O)C(=O)O. The third kappa shape index (κ3) is 6.47. The van der Waals surface area contributed by atoms with E-state index in [9.17, 15) is 14.4 Å². The summed E-state index contributed by atoms with van der Waals surface area (Å²) in [5, 5.41) is 17.6. The Balaban J connectivity index is 5.13. The van der Waals surface area contributed by atoms with Gasteiger partial charge in [0.15, 0.2) is 0 Å². The Morgan fingerprint density at radius 2 is 1.71 bits per heavy atom. The lowest BCUT2D eigenvalue weighted by Crippen LogP contribution is -2.12. The van der Waals surface area contributed by atoms with Gasteiger partial charge in [-0.1, -0.05) is 0 Å². The van der Waals surface area contributed by atoms with E-state index in [1.165, 1.54) is 14.0 Å². The molecule has 0 fully saturated rings. The monoisotopic (exact) mass is 244 g/mol. The zero-order valence-electron chi connectivity index (χ0n) is 9.86. The highest BCUT2D eigenvalue weighted by Crippen LogP contribution is 2.17. The van der Waals surface area contributed by atoms with E-state index in [4.69, 9.17) is 14.9 Å². The van der Waals surface area contributed by atoms with Crippen molar-refractivity contribution in [3.8, 4) is 0 Å². The summed E-state index contributed by atoms with van der Waals surface area (Å²) in [5.41, 5.74) is 0.0824. The Morgan fingerprint density at radius 1 is 1.12 bits per heavy atom. The van der Waals surface area contributed by atoms with E-state index in [0.717, 1.165) is 0 Å². The van der Waals surface area contributed by atoms with Gasteiger partial charge < -0.3 is 14.9 Å². The molecule has 0 aromatic rings. The molecule has 0 radical (unpaired) electrons. The smallest absolute Gasteiger partial charge is 0.332 e. The minimum absolute atomic E-state index is 0.0573. The first-order valence-electron chi connectivity index (χ1n) is 5.02. The van der Waals surface area contributed by atoms with Crippen LogP contribution in [0.2, 0.25) is 0 Å². The highest BCUT2D eigenvalue weighted by Gasteiger charge is 2.18. The van der Waals surface area contributed by atoms with Gasteiger partial charge in [0.25, 0.3) is 0 Å². The zero-order valence-corrected chi connectivity index (χ0v) is 9.86. The Kier molecular flexibility index (Phi) is 6.81. The van der Waals surface area contributed by atoms with Crippen LogP contribution in [0.1, 0.15) is 26.2 Å². The van der Waals surface area contributed by atoms with Gasteiger partial charge in [-0.25, -0.2) is 4.79 Å². The summed E-state index contributed by atoms with van der Waals surface area (Å²) >= 11 is 0. The summed E-state index contributed by atoms with van der Waals surface area (Å²) in [6.07, 6.45) is -0.412. The van der Waals surface area contributed by atoms with Gasteiger partial charge in [-0.15, -0.1) is 0 Å². The lowest BCUT2D eigenvalue weighted by Gasteiger charge is -2.09. The van der Waals surface area contributed by atoms with Crippen LogP contribution in [0, 0.1) is 0 Å². The molecule has 0 saturated carbocycles. The molecular formula is C11H16O6. The van der Waals surface area contributed by atoms with E-state index in [0.29, 0.717) is 5.57 Å². The molecule has 0 saturated heterocycles. The van der Waals surface area contributed by atoms with Crippen LogP contribution in [-0.2, 0) is 19.1 Å². The number of carboxylic acids is 2. The van der Waals surface area contributed by atoms with Gasteiger partial charge in [-0.3, -0.25) is 9.59 Å². The fraction of sp³-hybridized carbons (Fsp3) is 0.545. The fourth-order valence-electron chi connectivity index (χ4n) is 1.37. The number of carbonyl (C=O) groups is 3. The lowest BCUT2D eigenvalue weighted by molar-refractivity contribution is -0.139. The molecule has 0 aliphatic rings. The lowest BCUT2D eigenvalue weighted by atomic mass is 9.98. The van der Waals surface area contributed by atoms with Crippen molar-refractivity contribution in [3.63, 3.8) is 0 Å². The van der Waals surface area contributed by atoms with Gasteiger partial charge in [-0.2, -0.15) is 0 Å². The average Bonchev–Trinajstić information content (AvgIpc) is 2.19. The van der Waals surface area contributed by atoms with Crippen LogP contribution in [0.25, 0.3) is 0 Å². The van der Waals surface area contributed by atoms with Crippen LogP contribution in [-0.4, -0.2) is 41.7 Å². The molecule has 0 aromatic carbocycles. The Bertz CT molecular complexity index is 342. The molecule has 0 unspecified atom stereocenters. The predicted molar refractivity (Wildman–Crippen MR) is 58.7 cm³/mol. The van der Waals surface area contributed by atoms with Crippen molar-refractivity contribution in [2.75, 3.05) is 13.7 Å². The van der Waals surface area contributed by atoms with Gasteiger partial charge in [0.1, 0.15) is 5.78 Å². The Hall–Kier alpha value is -1.69. The minimum atomic E-state index is -1.31. The standard InChI is InChI=1S/C11H16O6/c1-7(12)5-8(3-4-17-2)9(11(15)16)6-10(13)14/h3-6H2,1-2H3,(H,13,14)(H,15,16). The van der Waals surface area contributed by atoms with Gasteiger partial charge in [0.2, 0.25) is 0 Å². The molecule has 0 atom stereocenters. The molecular weight excluding hydrogens is 228 g/mol. The fourth-order valence-corrected chi connectivity index (χ4v) is 1.37. The number of ketones is 1. The number of ether oxygens (including phenoxy) is 1. The summed E-state index contributed by atoms with van der Waals surface area (Å²) in [6, 6.07) is 0. The molecule has 0 aliphatic heterocycles. The number of aliphatic carboxylic acids is 2. The Labute approximate surface area is 98.9 Å². The average molecular weight is 244 g/mol. The van der Waals surface area contributed by atoms with Gasteiger partial charge >= 0.3 is 11.9 Å². The van der Waals surface area contributed by atoms with E-state index in [1.54, 1.807) is 0 Å². The first-order valence-corrected chi connectivity index (χ1v) is 5.02. The van der Waals surface area contributed by atoms with E-state index in [1.807, 2.05) is 0 Å². The minimum Gasteiger partial charge on any atom is -0.481 e. The van der Waals surface area contributed by atoms with Crippen molar-refractivity contribution in [2.24, 2.45) is 0 Å². The van der Waals surface area contributed by atoms with Crippen molar-refractivity contribution in [2.45, 2.75) is 26.2 Å². The number of rotatable bonds is 8. The van der Waals surface area contributed by atoms with Gasteiger partial charge in [-0.05, 0) is 18.9 Å². The maximum atomic E-state index is 11.0. The van der Waals surface area contributed by atoms with Crippen LogP contribution < -0.4 is 0 Å². The molecule has 0 aliphatic carbocycles. The summed E-state index contributed by atoms with van der Waals surface area (Å²) in [6.45, 7) is 1.58. The number of hydrogen-bond donors (Lipinski definition) is 2. The van der Waals surface area contributed by atoms with E-state index in [-0.39, 0.29) is 30.8 Å². The maximum absolute atomic E-state index is 11.0. The van der Waals surface area contributed by atoms with Crippen molar-refractivity contribution in [1.29, 1.82) is 0 Å². The molecule has 0 bridgehead atoms. The van der Waals surface area contributed by atoms with Crippen LogP contribution >= 0.6 is 0 Å². The van der Waals surface area contributed by atoms with E-state index in [2.05, 4.69) is 0 Å². The molecule has 6 nitrogen and oxygen atoms in total. The summed E-state index contributed by atoms with van der Waals surface area (Å²) < 4.78 is 4.80. The van der Waals surface area contributed by atoms with Crippen molar-refractivity contribution < 1.29 is 29.3 Å². The molecule has 2 N–H and O–H groups in total. The summed E-state index contributed by atoms with van der Waals surface area (Å²) in [5.74, 6) is -2.75.